The molecule has 0 aliphatic heterocycles. The van der Waals surface area contributed by atoms with Gasteiger partial charge in [0.2, 0.25) is 0 Å². The highest BCUT2D eigenvalue weighted by Crippen LogP contribution is 2.30. The van der Waals surface area contributed by atoms with E-state index in [-0.39, 0.29) is 18.2 Å². The molecule has 0 saturated carbocycles. The van der Waals surface area contributed by atoms with Crippen LogP contribution in [-0.4, -0.2) is 25.9 Å². The largest absolute Gasteiger partial charge is 0.491 e. The molecule has 0 fully saturated rings. The van der Waals surface area contributed by atoms with E-state index < -0.39 is 0 Å². The van der Waals surface area contributed by atoms with Crippen LogP contribution in [0.5, 0.6) is 5.75 Å². The van der Waals surface area contributed by atoms with Crippen molar-refractivity contribution in [1.29, 1.82) is 0 Å². The Labute approximate surface area is 123 Å². The zero-order chi connectivity index (χ0) is 15.0. The fourth-order valence-electron chi connectivity index (χ4n) is 2.47. The lowest BCUT2D eigenvalue weighted by atomic mass is 9.97. The van der Waals surface area contributed by atoms with Gasteiger partial charge >= 0.3 is 0 Å². The molecule has 2 atom stereocenters. The van der Waals surface area contributed by atoms with Crippen molar-refractivity contribution in [2.45, 2.75) is 58.8 Å². The molecule has 0 aromatic heterocycles. The highest BCUT2D eigenvalue weighted by molar-refractivity contribution is 5.36. The minimum Gasteiger partial charge on any atom is -0.491 e. The maximum atomic E-state index is 5.95. The summed E-state index contributed by atoms with van der Waals surface area (Å²) in [6, 6.07) is 8.42. The third-order valence-corrected chi connectivity index (χ3v) is 3.29. The van der Waals surface area contributed by atoms with Gasteiger partial charge in [0.1, 0.15) is 5.75 Å². The average Bonchev–Trinajstić information content (AvgIpc) is 2.43. The molecule has 0 spiro atoms. The number of para-hydroxylation sites is 1. The van der Waals surface area contributed by atoms with Gasteiger partial charge < -0.3 is 14.8 Å². The molecule has 1 aromatic carbocycles. The Morgan fingerprint density at radius 1 is 1.15 bits per heavy atom. The molecule has 0 aliphatic carbocycles. The minimum absolute atomic E-state index is 0.164. The molecule has 0 bridgehead atoms. The molecular weight excluding hydrogens is 250 g/mol. The molecule has 3 nitrogen and oxygen atoms in total. The molecule has 0 amide bonds. The second-order valence-electron chi connectivity index (χ2n) is 5.30. The van der Waals surface area contributed by atoms with Crippen molar-refractivity contribution in [3.63, 3.8) is 0 Å². The maximum Gasteiger partial charge on any atom is 0.124 e. The van der Waals surface area contributed by atoms with Crippen molar-refractivity contribution in [3.05, 3.63) is 29.8 Å². The third kappa shape index (κ3) is 4.80. The summed E-state index contributed by atoms with van der Waals surface area (Å²) >= 11 is 0. The fourth-order valence-corrected chi connectivity index (χ4v) is 2.47. The summed E-state index contributed by atoms with van der Waals surface area (Å²) in [4.78, 5) is 0. The van der Waals surface area contributed by atoms with Crippen molar-refractivity contribution in [2.24, 2.45) is 0 Å². The van der Waals surface area contributed by atoms with Crippen LogP contribution in [0.4, 0.5) is 0 Å². The van der Waals surface area contributed by atoms with Gasteiger partial charge in [0, 0.05) is 12.7 Å². The summed E-state index contributed by atoms with van der Waals surface area (Å²) in [5, 5.41) is 3.54. The van der Waals surface area contributed by atoms with Crippen molar-refractivity contribution < 1.29 is 9.47 Å². The van der Waals surface area contributed by atoms with Crippen LogP contribution in [0.1, 0.15) is 52.1 Å². The number of nitrogens with one attached hydrogen (secondary N) is 1. The first-order chi connectivity index (χ1) is 9.63. The molecule has 0 saturated heterocycles. The van der Waals surface area contributed by atoms with Gasteiger partial charge in [-0.3, -0.25) is 0 Å². The van der Waals surface area contributed by atoms with Gasteiger partial charge in [0.25, 0.3) is 0 Å². The van der Waals surface area contributed by atoms with Crippen molar-refractivity contribution in [1.82, 2.24) is 5.32 Å². The van der Waals surface area contributed by atoms with Gasteiger partial charge in [0.05, 0.1) is 18.2 Å². The van der Waals surface area contributed by atoms with Gasteiger partial charge in [-0.1, -0.05) is 38.5 Å². The highest BCUT2D eigenvalue weighted by atomic mass is 16.5. The normalized spacial score (nSPS) is 14.3. The van der Waals surface area contributed by atoms with E-state index in [1.807, 2.05) is 12.1 Å². The van der Waals surface area contributed by atoms with Crippen molar-refractivity contribution >= 4 is 0 Å². The maximum absolute atomic E-state index is 5.95. The number of rotatable bonds is 9. The van der Waals surface area contributed by atoms with E-state index >= 15 is 0 Å². The van der Waals surface area contributed by atoms with Gasteiger partial charge in [-0.15, -0.1) is 0 Å². The Morgan fingerprint density at radius 3 is 2.40 bits per heavy atom. The van der Waals surface area contributed by atoms with Crippen LogP contribution in [-0.2, 0) is 4.74 Å². The van der Waals surface area contributed by atoms with Gasteiger partial charge in [-0.25, -0.2) is 0 Å². The Balaban J connectivity index is 3.06. The summed E-state index contributed by atoms with van der Waals surface area (Å²) in [6.45, 7) is 9.32. The van der Waals surface area contributed by atoms with Crippen molar-refractivity contribution in [2.75, 3.05) is 13.7 Å². The van der Waals surface area contributed by atoms with E-state index in [1.54, 1.807) is 7.11 Å². The number of methoxy groups -OCH3 is 1. The van der Waals surface area contributed by atoms with Gasteiger partial charge in [-0.05, 0) is 32.9 Å². The molecule has 1 rings (SSSR count). The number of likely N-dealkylation sites (N-methyl/N-ethyl adjacent to an activating group) is 1. The van der Waals surface area contributed by atoms with E-state index in [0.29, 0.717) is 0 Å². The van der Waals surface area contributed by atoms with E-state index in [9.17, 15) is 0 Å². The predicted octanol–water partition coefficient (Wildman–Crippen LogP) is 3.94. The zero-order valence-electron chi connectivity index (χ0n) is 13.5. The van der Waals surface area contributed by atoms with Crippen LogP contribution in [0.15, 0.2) is 24.3 Å². The standard InChI is InChI=1S/C17H29NO2/c1-6-10-16(19-5)17(18-7-2)14-11-8-9-12-15(14)20-13(3)4/h8-9,11-13,16-18H,6-7,10H2,1-5H3. The summed E-state index contributed by atoms with van der Waals surface area (Å²) in [6.07, 6.45) is 2.47. The van der Waals surface area contributed by atoms with Crippen LogP contribution in [0, 0.1) is 0 Å². The summed E-state index contributed by atoms with van der Waals surface area (Å²) < 4.78 is 11.7. The molecule has 3 heteroatoms. The summed E-state index contributed by atoms with van der Waals surface area (Å²) in [5.74, 6) is 0.951. The molecule has 0 heterocycles. The lowest BCUT2D eigenvalue weighted by Crippen LogP contribution is -2.33. The fraction of sp³-hybridized carbons (Fsp3) is 0.647. The Bertz CT molecular complexity index is 379. The Hall–Kier alpha value is -1.06. The highest BCUT2D eigenvalue weighted by Gasteiger charge is 2.24. The predicted molar refractivity (Wildman–Crippen MR) is 84.3 cm³/mol. The smallest absolute Gasteiger partial charge is 0.124 e. The quantitative estimate of drug-likeness (QED) is 0.742. The SMILES string of the molecule is CCCC(OC)C(NCC)c1ccccc1OC(C)C. The van der Waals surface area contributed by atoms with Gasteiger partial charge in [-0.2, -0.15) is 0 Å². The number of hydrogen-bond donors (Lipinski definition) is 1. The van der Waals surface area contributed by atoms with Crippen molar-refractivity contribution in [3.8, 4) is 5.75 Å². The number of benzene rings is 1. The Kier molecular flexibility index (Phi) is 7.63. The molecule has 2 unspecified atom stereocenters. The van der Waals surface area contributed by atoms with Crippen LogP contribution in [0.3, 0.4) is 0 Å². The summed E-state index contributed by atoms with van der Waals surface area (Å²) in [7, 11) is 1.79. The zero-order valence-corrected chi connectivity index (χ0v) is 13.5. The van der Waals surface area contributed by atoms with E-state index in [1.165, 1.54) is 5.56 Å². The van der Waals surface area contributed by atoms with Gasteiger partial charge in [0.15, 0.2) is 0 Å². The van der Waals surface area contributed by atoms with Crippen LogP contribution in [0.25, 0.3) is 0 Å². The minimum atomic E-state index is 0.164. The molecule has 0 aliphatic rings. The first kappa shape index (κ1) is 17.0. The lowest BCUT2D eigenvalue weighted by molar-refractivity contribution is 0.0597. The second-order valence-corrected chi connectivity index (χ2v) is 5.30. The number of hydrogen-bond acceptors (Lipinski definition) is 3. The van der Waals surface area contributed by atoms with Crippen LogP contribution in [0.2, 0.25) is 0 Å². The molecule has 114 valence electrons. The van der Waals surface area contributed by atoms with Crippen LogP contribution < -0.4 is 10.1 Å². The lowest BCUT2D eigenvalue weighted by Gasteiger charge is -2.29. The van der Waals surface area contributed by atoms with Crippen LogP contribution >= 0.6 is 0 Å². The molecule has 0 radical (unpaired) electrons. The molecular formula is C17H29NO2. The molecule has 1 N–H and O–H groups in total. The second kappa shape index (κ2) is 8.98. The topological polar surface area (TPSA) is 30.5 Å². The number of ether oxygens (including phenoxy) is 2. The third-order valence-electron chi connectivity index (χ3n) is 3.29. The molecule has 1 aromatic rings. The molecule has 20 heavy (non-hydrogen) atoms. The summed E-state index contributed by atoms with van der Waals surface area (Å²) in [5.41, 5.74) is 1.18. The monoisotopic (exact) mass is 279 g/mol. The first-order valence-electron chi connectivity index (χ1n) is 7.65. The average molecular weight is 279 g/mol. The first-order valence-corrected chi connectivity index (χ1v) is 7.65. The van der Waals surface area contributed by atoms with E-state index in [2.05, 4.69) is 45.1 Å². The Morgan fingerprint density at radius 2 is 1.85 bits per heavy atom. The van der Waals surface area contributed by atoms with E-state index in [4.69, 9.17) is 9.47 Å². The van der Waals surface area contributed by atoms with E-state index in [0.717, 1.165) is 25.1 Å².